The van der Waals surface area contributed by atoms with Gasteiger partial charge in [-0.05, 0) is 44.6 Å². The van der Waals surface area contributed by atoms with Crippen molar-refractivity contribution in [2.75, 3.05) is 0 Å². The van der Waals surface area contributed by atoms with Crippen LogP contribution in [0, 0.1) is 5.92 Å². The topological polar surface area (TPSA) is 20.3 Å². The zero-order chi connectivity index (χ0) is 14.7. The molecule has 0 aliphatic heterocycles. The molecule has 110 valence electrons. The molecule has 1 aromatic rings. The van der Waals surface area contributed by atoms with E-state index in [4.69, 9.17) is 0 Å². The van der Waals surface area contributed by atoms with Crippen LogP contribution in [0.3, 0.4) is 0 Å². The third-order valence-electron chi connectivity index (χ3n) is 4.72. The van der Waals surface area contributed by atoms with Crippen molar-refractivity contribution in [3.05, 3.63) is 35.9 Å². The summed E-state index contributed by atoms with van der Waals surface area (Å²) in [6, 6.07) is 11.1. The molecule has 2 heteroatoms. The first kappa shape index (κ1) is 15.1. The molecule has 0 radical (unpaired) electrons. The second-order valence-corrected chi connectivity index (χ2v) is 6.12. The Balaban J connectivity index is 2.07. The van der Waals surface area contributed by atoms with Gasteiger partial charge in [0.25, 0.3) is 0 Å². The molecule has 4 atom stereocenters. The fourth-order valence-electron chi connectivity index (χ4n) is 2.99. The van der Waals surface area contributed by atoms with E-state index in [9.17, 15) is 4.79 Å². The predicted octanol–water partition coefficient (Wildman–Crippen LogP) is 4.22. The molecule has 0 saturated heterocycles. The van der Waals surface area contributed by atoms with Crippen molar-refractivity contribution < 1.29 is 4.79 Å². The van der Waals surface area contributed by atoms with Crippen LogP contribution >= 0.6 is 0 Å². The van der Waals surface area contributed by atoms with Crippen LogP contribution in [0.15, 0.2) is 30.3 Å². The maximum atomic E-state index is 12.8. The van der Waals surface area contributed by atoms with Crippen LogP contribution in [0.1, 0.15) is 58.4 Å². The van der Waals surface area contributed by atoms with Gasteiger partial charge in [0, 0.05) is 18.0 Å². The minimum absolute atomic E-state index is 0.209. The van der Waals surface area contributed by atoms with Crippen LogP contribution in [-0.4, -0.2) is 22.9 Å². The average Bonchev–Trinajstić information content (AvgIpc) is 3.28. The molecular formula is C18H27NO. The van der Waals surface area contributed by atoms with Crippen LogP contribution in [-0.2, 0) is 4.79 Å². The Hall–Kier alpha value is -1.31. The van der Waals surface area contributed by atoms with Gasteiger partial charge in [0.15, 0.2) is 0 Å². The van der Waals surface area contributed by atoms with Gasteiger partial charge >= 0.3 is 0 Å². The maximum absolute atomic E-state index is 12.8. The third-order valence-corrected chi connectivity index (χ3v) is 4.72. The molecule has 1 saturated carbocycles. The normalized spacial score (nSPS) is 24.0. The van der Waals surface area contributed by atoms with Crippen molar-refractivity contribution in [3.8, 4) is 0 Å². The fourth-order valence-corrected chi connectivity index (χ4v) is 2.99. The van der Waals surface area contributed by atoms with Crippen LogP contribution in [0.4, 0.5) is 0 Å². The Bertz CT molecular complexity index is 432. The molecule has 20 heavy (non-hydrogen) atoms. The lowest BCUT2D eigenvalue weighted by Crippen LogP contribution is -2.45. The number of carbonyl (C=O) groups is 1. The third kappa shape index (κ3) is 3.05. The van der Waals surface area contributed by atoms with Crippen molar-refractivity contribution in [2.24, 2.45) is 5.92 Å². The Morgan fingerprint density at radius 2 is 1.70 bits per heavy atom. The van der Waals surface area contributed by atoms with E-state index in [0.717, 1.165) is 19.3 Å². The lowest BCUT2D eigenvalue weighted by atomic mass is 10.1. The summed E-state index contributed by atoms with van der Waals surface area (Å²) >= 11 is 0. The van der Waals surface area contributed by atoms with Gasteiger partial charge in [-0.2, -0.15) is 0 Å². The molecule has 2 rings (SSSR count). The van der Waals surface area contributed by atoms with E-state index in [1.807, 2.05) is 6.07 Å². The summed E-state index contributed by atoms with van der Waals surface area (Å²) in [5.74, 6) is 1.02. The molecule has 0 bridgehead atoms. The van der Waals surface area contributed by atoms with Gasteiger partial charge in [-0.15, -0.1) is 0 Å². The standard InChI is InChI=1S/C18H27NO/c1-5-13(3)19(14(4)6-2)18(20)17-12-16(17)15-10-8-7-9-11-15/h7-11,13-14,16-17H,5-6,12H2,1-4H3/t13-,14+,16-,17+/m1/s1. The van der Waals surface area contributed by atoms with Gasteiger partial charge in [-0.25, -0.2) is 0 Å². The molecule has 1 aliphatic carbocycles. The van der Waals surface area contributed by atoms with Gasteiger partial charge in [-0.1, -0.05) is 44.2 Å². The molecule has 0 unspecified atom stereocenters. The zero-order valence-electron chi connectivity index (χ0n) is 13.2. The first-order valence-corrected chi connectivity index (χ1v) is 7.97. The van der Waals surface area contributed by atoms with Crippen LogP contribution in [0.25, 0.3) is 0 Å². The number of nitrogens with zero attached hydrogens (tertiary/aromatic N) is 1. The minimum atomic E-state index is 0.209. The largest absolute Gasteiger partial charge is 0.337 e. The van der Waals surface area contributed by atoms with Crippen LogP contribution in [0.5, 0.6) is 0 Å². The van der Waals surface area contributed by atoms with E-state index in [0.29, 0.717) is 23.9 Å². The lowest BCUT2D eigenvalue weighted by Gasteiger charge is -2.34. The van der Waals surface area contributed by atoms with E-state index in [1.54, 1.807) is 0 Å². The summed E-state index contributed by atoms with van der Waals surface area (Å²) in [5.41, 5.74) is 1.32. The van der Waals surface area contributed by atoms with Crippen molar-refractivity contribution >= 4 is 5.91 Å². The highest BCUT2D eigenvalue weighted by Crippen LogP contribution is 2.48. The smallest absolute Gasteiger partial charge is 0.226 e. The summed E-state index contributed by atoms with van der Waals surface area (Å²) < 4.78 is 0. The average molecular weight is 273 g/mol. The first-order valence-electron chi connectivity index (χ1n) is 7.97. The van der Waals surface area contributed by atoms with Crippen molar-refractivity contribution in [2.45, 2.75) is 65.0 Å². The van der Waals surface area contributed by atoms with E-state index < -0.39 is 0 Å². The van der Waals surface area contributed by atoms with Gasteiger partial charge in [0.1, 0.15) is 0 Å². The van der Waals surface area contributed by atoms with Crippen LogP contribution in [0.2, 0.25) is 0 Å². The molecule has 0 heterocycles. The molecule has 1 fully saturated rings. The minimum Gasteiger partial charge on any atom is -0.337 e. The van der Waals surface area contributed by atoms with E-state index in [2.05, 4.69) is 56.9 Å². The summed E-state index contributed by atoms with van der Waals surface area (Å²) in [6.45, 7) is 8.66. The SMILES string of the molecule is CC[C@@H](C)N(C(=O)[C@H]1C[C@@H]1c1ccccc1)[C@@H](C)CC. The molecule has 2 nitrogen and oxygen atoms in total. The van der Waals surface area contributed by atoms with E-state index >= 15 is 0 Å². The van der Waals surface area contributed by atoms with Crippen LogP contribution < -0.4 is 0 Å². The van der Waals surface area contributed by atoms with Crippen molar-refractivity contribution in [1.29, 1.82) is 0 Å². The predicted molar refractivity (Wildman–Crippen MR) is 83.6 cm³/mol. The lowest BCUT2D eigenvalue weighted by molar-refractivity contribution is -0.137. The first-order chi connectivity index (χ1) is 9.60. The van der Waals surface area contributed by atoms with Gasteiger partial charge < -0.3 is 4.90 Å². The van der Waals surface area contributed by atoms with Gasteiger partial charge in [0.05, 0.1) is 0 Å². The Labute approximate surface area is 123 Å². The molecule has 1 aromatic carbocycles. The van der Waals surface area contributed by atoms with E-state index in [1.165, 1.54) is 5.56 Å². The van der Waals surface area contributed by atoms with Crippen molar-refractivity contribution in [3.63, 3.8) is 0 Å². The summed E-state index contributed by atoms with van der Waals surface area (Å²) in [5, 5.41) is 0. The van der Waals surface area contributed by atoms with Gasteiger partial charge in [-0.3, -0.25) is 4.79 Å². The Kier molecular flexibility index (Phi) is 4.85. The molecule has 0 spiro atoms. The second-order valence-electron chi connectivity index (χ2n) is 6.12. The highest BCUT2D eigenvalue weighted by atomic mass is 16.2. The second kappa shape index (κ2) is 6.43. The molecule has 1 aliphatic rings. The number of rotatable bonds is 6. The number of hydrogen-bond acceptors (Lipinski definition) is 1. The van der Waals surface area contributed by atoms with E-state index in [-0.39, 0.29) is 5.92 Å². The number of hydrogen-bond donors (Lipinski definition) is 0. The molecular weight excluding hydrogens is 246 g/mol. The fraction of sp³-hybridized carbons (Fsp3) is 0.611. The summed E-state index contributed by atoms with van der Waals surface area (Å²) in [4.78, 5) is 14.9. The molecule has 0 N–H and O–H groups in total. The summed E-state index contributed by atoms with van der Waals surface area (Å²) in [7, 11) is 0. The van der Waals surface area contributed by atoms with Crippen molar-refractivity contribution in [1.82, 2.24) is 4.90 Å². The zero-order valence-corrected chi connectivity index (χ0v) is 13.2. The highest BCUT2D eigenvalue weighted by molar-refractivity contribution is 5.83. The quantitative estimate of drug-likeness (QED) is 0.760. The number of amides is 1. The number of carbonyl (C=O) groups excluding carboxylic acids is 1. The monoisotopic (exact) mass is 273 g/mol. The molecule has 0 aromatic heterocycles. The number of benzene rings is 1. The Morgan fingerprint density at radius 1 is 1.15 bits per heavy atom. The Morgan fingerprint density at radius 3 is 2.20 bits per heavy atom. The summed E-state index contributed by atoms with van der Waals surface area (Å²) in [6.07, 6.45) is 3.07. The maximum Gasteiger partial charge on any atom is 0.226 e. The molecule has 1 amide bonds. The highest BCUT2D eigenvalue weighted by Gasteiger charge is 2.46. The van der Waals surface area contributed by atoms with Gasteiger partial charge in [0.2, 0.25) is 5.91 Å².